The predicted molar refractivity (Wildman–Crippen MR) is 81.9 cm³/mol. The number of hydrogen-bond acceptors (Lipinski definition) is 4. The van der Waals surface area contributed by atoms with E-state index in [1.165, 1.54) is 4.31 Å². The fourth-order valence-electron chi connectivity index (χ4n) is 1.79. The Labute approximate surface area is 120 Å². The largest absolute Gasteiger partial charge is 0.326 e. The van der Waals surface area contributed by atoms with Gasteiger partial charge in [-0.15, -0.1) is 0 Å². The van der Waals surface area contributed by atoms with Crippen LogP contribution in [-0.4, -0.2) is 37.8 Å². The highest BCUT2D eigenvalue weighted by atomic mass is 32.2. The summed E-state index contributed by atoms with van der Waals surface area (Å²) in [6, 6.07) is 5.30. The lowest BCUT2D eigenvalue weighted by Gasteiger charge is -2.24. The summed E-state index contributed by atoms with van der Waals surface area (Å²) in [5, 5.41) is 0. The van der Waals surface area contributed by atoms with E-state index in [0.717, 1.165) is 16.9 Å². The van der Waals surface area contributed by atoms with Gasteiger partial charge in [0.1, 0.15) is 0 Å². The number of thioether (sulfide) groups is 1. The minimum atomic E-state index is -3.46. The van der Waals surface area contributed by atoms with Crippen LogP contribution in [0.4, 0.5) is 0 Å². The van der Waals surface area contributed by atoms with Crippen LogP contribution in [0.25, 0.3) is 0 Å². The third-order valence-corrected chi connectivity index (χ3v) is 6.10. The van der Waals surface area contributed by atoms with Crippen molar-refractivity contribution in [2.75, 3.05) is 19.1 Å². The molecule has 4 nitrogen and oxygen atoms in total. The van der Waals surface area contributed by atoms with Crippen LogP contribution in [0.15, 0.2) is 23.1 Å². The van der Waals surface area contributed by atoms with Crippen LogP contribution in [-0.2, 0) is 16.6 Å². The number of aryl methyl sites for hydroxylation is 1. The molecule has 0 bridgehead atoms. The molecule has 0 heterocycles. The second kappa shape index (κ2) is 6.74. The summed E-state index contributed by atoms with van der Waals surface area (Å²) >= 11 is 1.64. The molecule has 2 N–H and O–H groups in total. The van der Waals surface area contributed by atoms with E-state index in [-0.39, 0.29) is 6.04 Å². The van der Waals surface area contributed by atoms with Gasteiger partial charge in [-0.05, 0) is 37.3 Å². The summed E-state index contributed by atoms with van der Waals surface area (Å²) in [6.07, 6.45) is 1.97. The smallest absolute Gasteiger partial charge is 0.243 e. The van der Waals surface area contributed by atoms with Crippen molar-refractivity contribution in [1.82, 2.24) is 4.31 Å². The second-order valence-electron chi connectivity index (χ2n) is 4.63. The molecule has 0 saturated heterocycles. The number of hydrogen-bond donors (Lipinski definition) is 1. The van der Waals surface area contributed by atoms with Crippen molar-refractivity contribution in [3.8, 4) is 0 Å². The Morgan fingerprint density at radius 3 is 2.58 bits per heavy atom. The van der Waals surface area contributed by atoms with Crippen molar-refractivity contribution in [2.45, 2.75) is 31.3 Å². The van der Waals surface area contributed by atoms with E-state index in [4.69, 9.17) is 5.73 Å². The van der Waals surface area contributed by atoms with Crippen LogP contribution >= 0.6 is 11.8 Å². The SMILES string of the molecule is CSCC(C)N(C)S(=O)(=O)c1cc(CN)ccc1C. The minimum absolute atomic E-state index is 0.0408. The highest BCUT2D eigenvalue weighted by Crippen LogP contribution is 2.22. The Hall–Kier alpha value is -0.560. The maximum atomic E-state index is 12.6. The third-order valence-electron chi connectivity index (χ3n) is 3.17. The summed E-state index contributed by atoms with van der Waals surface area (Å²) in [5.41, 5.74) is 7.16. The zero-order chi connectivity index (χ0) is 14.6. The molecule has 0 spiro atoms. The standard InChI is InChI=1S/C13H22N2O2S2/c1-10-5-6-12(8-14)7-13(10)19(16,17)15(3)11(2)9-18-4/h5-7,11H,8-9,14H2,1-4H3. The Morgan fingerprint density at radius 1 is 1.42 bits per heavy atom. The van der Waals surface area contributed by atoms with Gasteiger partial charge < -0.3 is 5.73 Å². The van der Waals surface area contributed by atoms with Gasteiger partial charge in [0.15, 0.2) is 0 Å². The molecule has 0 aliphatic heterocycles. The first-order valence-corrected chi connectivity index (χ1v) is 8.94. The molecule has 0 aromatic heterocycles. The van der Waals surface area contributed by atoms with Crippen molar-refractivity contribution in [1.29, 1.82) is 0 Å². The molecule has 19 heavy (non-hydrogen) atoms. The van der Waals surface area contributed by atoms with E-state index >= 15 is 0 Å². The summed E-state index contributed by atoms with van der Waals surface area (Å²) in [4.78, 5) is 0.353. The Kier molecular flexibility index (Phi) is 5.85. The molecule has 1 aromatic rings. The summed E-state index contributed by atoms with van der Waals surface area (Å²) in [7, 11) is -1.83. The van der Waals surface area contributed by atoms with Gasteiger partial charge in [0, 0.05) is 25.4 Å². The van der Waals surface area contributed by atoms with Crippen LogP contribution in [0.5, 0.6) is 0 Å². The van der Waals surface area contributed by atoms with Gasteiger partial charge in [0.05, 0.1) is 4.90 Å². The molecule has 0 radical (unpaired) electrons. The van der Waals surface area contributed by atoms with E-state index in [9.17, 15) is 8.42 Å². The van der Waals surface area contributed by atoms with E-state index < -0.39 is 10.0 Å². The van der Waals surface area contributed by atoms with Crippen LogP contribution in [0.2, 0.25) is 0 Å². The minimum Gasteiger partial charge on any atom is -0.326 e. The molecular weight excluding hydrogens is 280 g/mol. The van der Waals surface area contributed by atoms with E-state index in [1.807, 2.05) is 25.3 Å². The lowest BCUT2D eigenvalue weighted by Crippen LogP contribution is -2.37. The molecular formula is C13H22N2O2S2. The average Bonchev–Trinajstić information content (AvgIpc) is 2.38. The predicted octanol–water partition coefficient (Wildman–Crippen LogP) is 1.83. The average molecular weight is 302 g/mol. The maximum absolute atomic E-state index is 12.6. The molecule has 1 aromatic carbocycles. The molecule has 1 unspecified atom stereocenters. The van der Waals surface area contributed by atoms with Crippen LogP contribution in [0, 0.1) is 6.92 Å². The molecule has 1 atom stereocenters. The number of nitrogens with two attached hydrogens (primary N) is 1. The molecule has 0 saturated carbocycles. The molecule has 0 aliphatic rings. The van der Waals surface area contributed by atoms with Crippen molar-refractivity contribution >= 4 is 21.8 Å². The van der Waals surface area contributed by atoms with Gasteiger partial charge in [0.25, 0.3) is 0 Å². The van der Waals surface area contributed by atoms with Crippen LogP contribution in [0.3, 0.4) is 0 Å². The summed E-state index contributed by atoms with van der Waals surface area (Å²) < 4.78 is 26.7. The molecule has 6 heteroatoms. The molecule has 0 fully saturated rings. The zero-order valence-electron chi connectivity index (χ0n) is 11.9. The second-order valence-corrected chi connectivity index (χ2v) is 7.51. The number of rotatable bonds is 6. The summed E-state index contributed by atoms with van der Waals surface area (Å²) in [5.74, 6) is 0.769. The van der Waals surface area contributed by atoms with Crippen LogP contribution in [0.1, 0.15) is 18.1 Å². The number of benzene rings is 1. The fourth-order valence-corrected chi connectivity index (χ4v) is 4.22. The fraction of sp³-hybridized carbons (Fsp3) is 0.538. The number of sulfonamides is 1. The van der Waals surface area contributed by atoms with Gasteiger partial charge in [0.2, 0.25) is 10.0 Å². The normalized spacial score (nSPS) is 13.8. The van der Waals surface area contributed by atoms with Gasteiger partial charge in [-0.1, -0.05) is 12.1 Å². The van der Waals surface area contributed by atoms with Gasteiger partial charge >= 0.3 is 0 Å². The molecule has 1 rings (SSSR count). The third kappa shape index (κ3) is 3.72. The highest BCUT2D eigenvalue weighted by molar-refractivity contribution is 7.98. The van der Waals surface area contributed by atoms with Crippen LogP contribution < -0.4 is 5.73 Å². The lowest BCUT2D eigenvalue weighted by molar-refractivity contribution is 0.414. The lowest BCUT2D eigenvalue weighted by atomic mass is 10.1. The first-order chi connectivity index (χ1) is 8.84. The molecule has 0 amide bonds. The Morgan fingerprint density at radius 2 is 2.05 bits per heavy atom. The molecule has 0 aliphatic carbocycles. The monoisotopic (exact) mass is 302 g/mol. The van der Waals surface area contributed by atoms with Gasteiger partial charge in [-0.2, -0.15) is 16.1 Å². The van der Waals surface area contributed by atoms with Crippen molar-refractivity contribution < 1.29 is 8.42 Å². The molecule has 108 valence electrons. The van der Waals surface area contributed by atoms with E-state index in [2.05, 4.69) is 0 Å². The van der Waals surface area contributed by atoms with Gasteiger partial charge in [-0.25, -0.2) is 8.42 Å². The summed E-state index contributed by atoms with van der Waals surface area (Å²) in [6.45, 7) is 4.06. The maximum Gasteiger partial charge on any atom is 0.243 e. The van der Waals surface area contributed by atoms with Gasteiger partial charge in [-0.3, -0.25) is 0 Å². The van der Waals surface area contributed by atoms with Crippen molar-refractivity contribution in [3.63, 3.8) is 0 Å². The topological polar surface area (TPSA) is 63.4 Å². The zero-order valence-corrected chi connectivity index (χ0v) is 13.5. The Balaban J connectivity index is 3.19. The Bertz CT molecular complexity index is 529. The van der Waals surface area contributed by atoms with E-state index in [0.29, 0.717) is 11.4 Å². The van der Waals surface area contributed by atoms with Crippen molar-refractivity contribution in [3.05, 3.63) is 29.3 Å². The highest BCUT2D eigenvalue weighted by Gasteiger charge is 2.26. The van der Waals surface area contributed by atoms with Crippen molar-refractivity contribution in [2.24, 2.45) is 5.73 Å². The quantitative estimate of drug-likeness (QED) is 0.871. The first-order valence-electron chi connectivity index (χ1n) is 6.11. The van der Waals surface area contributed by atoms with E-state index in [1.54, 1.807) is 31.8 Å². The number of nitrogens with zero attached hydrogens (tertiary/aromatic N) is 1. The first kappa shape index (κ1) is 16.5.